The third kappa shape index (κ3) is 4.21. The Balaban J connectivity index is 1.77. The molecule has 0 spiro atoms. The van der Waals surface area contributed by atoms with Gasteiger partial charge in [-0.05, 0) is 32.3 Å². The zero-order valence-corrected chi connectivity index (χ0v) is 18.5. The van der Waals surface area contributed by atoms with Crippen LogP contribution in [0.2, 0.25) is 0 Å². The van der Waals surface area contributed by atoms with Gasteiger partial charge in [0.05, 0.1) is 0 Å². The number of anilines is 1. The van der Waals surface area contributed by atoms with Crippen LogP contribution in [0.1, 0.15) is 53.2 Å². The summed E-state index contributed by atoms with van der Waals surface area (Å²) in [6.07, 6.45) is 9.57. The highest BCUT2D eigenvalue weighted by atomic mass is 32.2. The number of allylic oxidation sites excluding steroid dienone is 4. The van der Waals surface area contributed by atoms with Crippen LogP contribution in [0.4, 0.5) is 5.82 Å². The molecule has 0 saturated heterocycles. The van der Waals surface area contributed by atoms with Crippen LogP contribution >= 0.6 is 0 Å². The standard InChI is InChI=1S/C21H26N2O6S/c1-20(2,3)16-11-17(23-29-16)22-19(24)21(4,5)30(25,26)18-13-27-12-15(28-18)14-9-7-6-8-10-14/h6-7,9,11-13H,8,10H2,1-5H3,(H,22,23,24). The molecule has 8 nitrogen and oxygen atoms in total. The fraction of sp³-hybridized carbons (Fsp3) is 0.429. The van der Waals surface area contributed by atoms with Crippen molar-refractivity contribution in [1.29, 1.82) is 0 Å². The number of ether oxygens (including phenoxy) is 2. The Morgan fingerprint density at radius 1 is 1.17 bits per heavy atom. The lowest BCUT2D eigenvalue weighted by atomic mass is 9.93. The molecule has 1 aliphatic heterocycles. The van der Waals surface area contributed by atoms with Gasteiger partial charge in [0.2, 0.25) is 15.7 Å². The van der Waals surface area contributed by atoms with Crippen molar-refractivity contribution in [3.8, 4) is 0 Å². The SMILES string of the molecule is CC(C)(C)c1cc(NC(=O)C(C)(C)S(=O)(=O)C2=COC=C(C3=CC=CCC3)O2)no1. The van der Waals surface area contributed by atoms with E-state index in [2.05, 4.69) is 10.5 Å². The number of hydrogen-bond donors (Lipinski definition) is 1. The third-order valence-corrected chi connectivity index (χ3v) is 7.09. The van der Waals surface area contributed by atoms with Crippen molar-refractivity contribution >= 4 is 21.6 Å². The molecule has 30 heavy (non-hydrogen) atoms. The topological polar surface area (TPSA) is 108 Å². The zero-order valence-electron chi connectivity index (χ0n) is 17.7. The van der Waals surface area contributed by atoms with Gasteiger partial charge >= 0.3 is 0 Å². The van der Waals surface area contributed by atoms with E-state index in [-0.39, 0.29) is 11.2 Å². The fourth-order valence-electron chi connectivity index (χ4n) is 2.70. The average molecular weight is 435 g/mol. The van der Waals surface area contributed by atoms with Gasteiger partial charge in [-0.3, -0.25) is 4.79 Å². The lowest BCUT2D eigenvalue weighted by molar-refractivity contribution is -0.117. The molecule has 1 amide bonds. The number of nitrogens with zero attached hydrogens (tertiary/aromatic N) is 1. The van der Waals surface area contributed by atoms with Gasteiger partial charge in [0.25, 0.3) is 5.09 Å². The van der Waals surface area contributed by atoms with E-state index in [0.29, 0.717) is 17.9 Å². The predicted octanol–water partition coefficient (Wildman–Crippen LogP) is 4.07. The number of carbonyl (C=O) groups excluding carboxylic acids is 1. The number of aromatic nitrogens is 1. The van der Waals surface area contributed by atoms with E-state index < -0.39 is 25.6 Å². The normalized spacial score (nSPS) is 17.3. The monoisotopic (exact) mass is 434 g/mol. The van der Waals surface area contributed by atoms with E-state index in [9.17, 15) is 13.2 Å². The molecule has 9 heteroatoms. The lowest BCUT2D eigenvalue weighted by Gasteiger charge is -2.26. The largest absolute Gasteiger partial charge is 0.464 e. The molecule has 1 aliphatic carbocycles. The molecule has 0 saturated carbocycles. The van der Waals surface area contributed by atoms with Gasteiger partial charge in [-0.25, -0.2) is 8.42 Å². The van der Waals surface area contributed by atoms with E-state index in [1.807, 2.05) is 39.0 Å². The molecule has 0 atom stereocenters. The maximum absolute atomic E-state index is 13.2. The Morgan fingerprint density at radius 2 is 1.90 bits per heavy atom. The molecule has 0 fully saturated rings. The summed E-state index contributed by atoms with van der Waals surface area (Å²) in [6.45, 7) is 8.40. The Kier molecular flexibility index (Phi) is 5.68. The van der Waals surface area contributed by atoms with E-state index in [0.717, 1.165) is 18.3 Å². The molecule has 0 unspecified atom stereocenters. The first kappa shape index (κ1) is 21.9. The summed E-state index contributed by atoms with van der Waals surface area (Å²) in [7, 11) is -4.22. The zero-order chi connectivity index (χ0) is 22.2. The van der Waals surface area contributed by atoms with Crippen molar-refractivity contribution in [2.45, 2.75) is 57.6 Å². The second kappa shape index (κ2) is 7.79. The number of rotatable bonds is 5. The molecule has 1 aromatic heterocycles. The highest BCUT2D eigenvalue weighted by Crippen LogP contribution is 2.33. The Bertz CT molecular complexity index is 1070. The maximum atomic E-state index is 13.2. The van der Waals surface area contributed by atoms with E-state index >= 15 is 0 Å². The first-order valence-corrected chi connectivity index (χ1v) is 11.0. The average Bonchev–Trinajstić information content (AvgIpc) is 3.17. The molecule has 1 aromatic rings. The van der Waals surface area contributed by atoms with Gasteiger partial charge in [0, 0.05) is 11.5 Å². The predicted molar refractivity (Wildman–Crippen MR) is 112 cm³/mol. The molecule has 0 bridgehead atoms. The molecule has 0 radical (unpaired) electrons. The van der Waals surface area contributed by atoms with E-state index in [1.54, 1.807) is 6.07 Å². The van der Waals surface area contributed by atoms with Crippen LogP contribution in [0, 0.1) is 0 Å². The number of sulfone groups is 1. The molecule has 1 N–H and O–H groups in total. The minimum absolute atomic E-state index is 0.141. The van der Waals surface area contributed by atoms with Crippen molar-refractivity contribution in [2.24, 2.45) is 0 Å². The first-order valence-electron chi connectivity index (χ1n) is 9.56. The van der Waals surface area contributed by atoms with E-state index in [4.69, 9.17) is 14.0 Å². The quantitative estimate of drug-likeness (QED) is 0.744. The first-order chi connectivity index (χ1) is 13.9. The molecule has 0 aromatic carbocycles. The van der Waals surface area contributed by atoms with Crippen LogP contribution < -0.4 is 5.32 Å². The Hall–Kier alpha value is -2.81. The van der Waals surface area contributed by atoms with Crippen molar-refractivity contribution in [3.05, 3.63) is 59.0 Å². The molecule has 162 valence electrons. The fourth-order valence-corrected chi connectivity index (χ4v) is 3.88. The summed E-state index contributed by atoms with van der Waals surface area (Å²) in [5.41, 5.74) is 0.513. The highest BCUT2D eigenvalue weighted by Gasteiger charge is 2.47. The van der Waals surface area contributed by atoms with Crippen LogP contribution in [0.5, 0.6) is 0 Å². The van der Waals surface area contributed by atoms with Crippen LogP contribution in [0.15, 0.2) is 57.8 Å². The summed E-state index contributed by atoms with van der Waals surface area (Å²) in [5, 5.41) is 5.90. The third-order valence-electron chi connectivity index (χ3n) is 4.85. The molecule has 2 heterocycles. The number of amides is 1. The maximum Gasteiger partial charge on any atom is 0.254 e. The van der Waals surface area contributed by atoms with Crippen LogP contribution in [0.3, 0.4) is 0 Å². The van der Waals surface area contributed by atoms with Crippen LogP contribution in [-0.4, -0.2) is 24.2 Å². The van der Waals surface area contributed by atoms with Gasteiger partial charge in [-0.15, -0.1) is 0 Å². The van der Waals surface area contributed by atoms with Gasteiger partial charge in [-0.1, -0.05) is 44.2 Å². The summed E-state index contributed by atoms with van der Waals surface area (Å²) < 4.78 is 40.6. The van der Waals surface area contributed by atoms with Crippen molar-refractivity contribution < 1.29 is 27.2 Å². The smallest absolute Gasteiger partial charge is 0.254 e. The lowest BCUT2D eigenvalue weighted by Crippen LogP contribution is -2.45. The van der Waals surface area contributed by atoms with Gasteiger partial charge in [0.1, 0.15) is 18.3 Å². The number of hydrogen-bond acceptors (Lipinski definition) is 7. The van der Waals surface area contributed by atoms with Crippen molar-refractivity contribution in [3.63, 3.8) is 0 Å². The molecule has 3 rings (SSSR count). The molecule has 2 aliphatic rings. The molecular formula is C21H26N2O6S. The van der Waals surface area contributed by atoms with Gasteiger partial charge in [-0.2, -0.15) is 0 Å². The summed E-state index contributed by atoms with van der Waals surface area (Å²) >= 11 is 0. The van der Waals surface area contributed by atoms with Gasteiger partial charge in [0.15, 0.2) is 16.3 Å². The summed E-state index contributed by atoms with van der Waals surface area (Å²) in [5.74, 6) is 0.247. The minimum atomic E-state index is -4.22. The molecular weight excluding hydrogens is 408 g/mol. The number of carbonyl (C=O) groups is 1. The van der Waals surface area contributed by atoms with Gasteiger partial charge < -0.3 is 19.3 Å². The number of nitrogens with one attached hydrogen (secondary N) is 1. The summed E-state index contributed by atoms with van der Waals surface area (Å²) in [6, 6.07) is 1.57. The Morgan fingerprint density at radius 3 is 2.50 bits per heavy atom. The Labute approximate surface area is 176 Å². The van der Waals surface area contributed by atoms with E-state index in [1.165, 1.54) is 20.1 Å². The van der Waals surface area contributed by atoms with Crippen LogP contribution in [-0.2, 0) is 29.5 Å². The second-order valence-electron chi connectivity index (χ2n) is 8.61. The minimum Gasteiger partial charge on any atom is -0.464 e. The second-order valence-corrected chi connectivity index (χ2v) is 11.0. The van der Waals surface area contributed by atoms with Crippen molar-refractivity contribution in [2.75, 3.05) is 5.32 Å². The highest BCUT2D eigenvalue weighted by molar-refractivity contribution is 7.97. The van der Waals surface area contributed by atoms with Crippen molar-refractivity contribution in [1.82, 2.24) is 5.16 Å². The summed E-state index contributed by atoms with van der Waals surface area (Å²) in [4.78, 5) is 12.8. The van der Waals surface area contributed by atoms with Crippen LogP contribution in [0.25, 0.3) is 0 Å².